The van der Waals surface area contributed by atoms with Crippen LogP contribution in [-0.4, -0.2) is 35.5 Å². The van der Waals surface area contributed by atoms with Gasteiger partial charge in [-0.3, -0.25) is 4.79 Å². The van der Waals surface area contributed by atoms with E-state index >= 15 is 0 Å². The summed E-state index contributed by atoms with van der Waals surface area (Å²) in [5, 5.41) is -0.230. The van der Waals surface area contributed by atoms with Crippen LogP contribution < -0.4 is 0 Å². The number of benzene rings is 1. The zero-order chi connectivity index (χ0) is 16.7. The van der Waals surface area contributed by atoms with Crippen molar-refractivity contribution in [1.82, 2.24) is 8.87 Å². The minimum Gasteiger partial charge on any atom is -0.324 e. The minimum absolute atomic E-state index is 0.0989. The fourth-order valence-corrected chi connectivity index (χ4v) is 5.65. The van der Waals surface area contributed by atoms with Crippen molar-refractivity contribution < 1.29 is 13.2 Å². The SMILES string of the molecule is O=C1CSC(c2cccn2S(=O)(=O)c2ccccc2)N1CC1CC1. The molecule has 24 heavy (non-hydrogen) atoms. The standard InChI is InChI=1S/C17H18N2O3S2/c20-16-12-23-17(18(16)11-13-8-9-13)15-7-4-10-19(15)24(21,22)14-5-2-1-3-6-14/h1-7,10,13,17H,8-9,11-12H2. The highest BCUT2D eigenvalue weighted by atomic mass is 32.2. The molecule has 1 saturated heterocycles. The molecule has 126 valence electrons. The van der Waals surface area contributed by atoms with Crippen molar-refractivity contribution in [2.45, 2.75) is 23.1 Å². The molecule has 1 aliphatic heterocycles. The number of nitrogens with zero attached hydrogens (tertiary/aromatic N) is 2. The second-order valence-corrected chi connectivity index (χ2v) is 9.08. The van der Waals surface area contributed by atoms with Gasteiger partial charge < -0.3 is 4.90 Å². The lowest BCUT2D eigenvalue weighted by atomic mass is 10.3. The second-order valence-electron chi connectivity index (χ2n) is 6.20. The van der Waals surface area contributed by atoms with Gasteiger partial charge in [-0.05, 0) is 43.0 Å². The fraction of sp³-hybridized carbons (Fsp3) is 0.353. The van der Waals surface area contributed by atoms with Crippen molar-refractivity contribution >= 4 is 27.7 Å². The van der Waals surface area contributed by atoms with Crippen LogP contribution in [0.2, 0.25) is 0 Å². The van der Waals surface area contributed by atoms with Crippen molar-refractivity contribution in [2.75, 3.05) is 12.3 Å². The maximum absolute atomic E-state index is 12.9. The van der Waals surface area contributed by atoms with Crippen LogP contribution in [0.5, 0.6) is 0 Å². The molecule has 2 aromatic rings. The van der Waals surface area contributed by atoms with E-state index in [4.69, 9.17) is 0 Å². The average molecular weight is 362 g/mol. The van der Waals surface area contributed by atoms with Crippen molar-refractivity contribution in [2.24, 2.45) is 5.92 Å². The Kier molecular flexibility index (Phi) is 3.92. The summed E-state index contributed by atoms with van der Waals surface area (Å²) in [4.78, 5) is 14.3. The van der Waals surface area contributed by atoms with Crippen molar-refractivity contribution in [1.29, 1.82) is 0 Å². The van der Waals surface area contributed by atoms with E-state index in [2.05, 4.69) is 0 Å². The first kappa shape index (κ1) is 15.8. The van der Waals surface area contributed by atoms with Crippen LogP contribution in [0.3, 0.4) is 0 Å². The minimum atomic E-state index is -3.65. The van der Waals surface area contributed by atoms with E-state index < -0.39 is 10.0 Å². The number of aromatic nitrogens is 1. The van der Waals surface area contributed by atoms with Gasteiger partial charge >= 0.3 is 0 Å². The van der Waals surface area contributed by atoms with Gasteiger partial charge in [0.05, 0.1) is 16.3 Å². The topological polar surface area (TPSA) is 59.4 Å². The number of amides is 1. The molecule has 7 heteroatoms. The summed E-state index contributed by atoms with van der Waals surface area (Å²) in [7, 11) is -3.65. The smallest absolute Gasteiger partial charge is 0.267 e. The van der Waals surface area contributed by atoms with Gasteiger partial charge in [-0.1, -0.05) is 18.2 Å². The van der Waals surface area contributed by atoms with Crippen LogP contribution in [0.25, 0.3) is 0 Å². The van der Waals surface area contributed by atoms with E-state index in [9.17, 15) is 13.2 Å². The highest BCUT2D eigenvalue weighted by molar-refractivity contribution is 8.00. The summed E-state index contributed by atoms with van der Waals surface area (Å²) in [6, 6.07) is 11.9. The molecule has 1 aliphatic carbocycles. The molecule has 0 bridgehead atoms. The Labute approximate surface area is 145 Å². The highest BCUT2D eigenvalue weighted by Gasteiger charge is 2.39. The number of rotatable bonds is 5. The summed E-state index contributed by atoms with van der Waals surface area (Å²) < 4.78 is 27.2. The number of thioether (sulfide) groups is 1. The number of hydrogen-bond donors (Lipinski definition) is 0. The van der Waals surface area contributed by atoms with Crippen LogP contribution in [0.1, 0.15) is 23.9 Å². The lowest BCUT2D eigenvalue weighted by molar-refractivity contribution is -0.128. The molecule has 0 N–H and O–H groups in total. The van der Waals surface area contributed by atoms with Crippen LogP contribution >= 0.6 is 11.8 Å². The predicted molar refractivity (Wildman–Crippen MR) is 93.1 cm³/mol. The van der Waals surface area contributed by atoms with Gasteiger partial charge in [-0.15, -0.1) is 11.8 Å². The molecule has 1 unspecified atom stereocenters. The molecule has 0 spiro atoms. The highest BCUT2D eigenvalue weighted by Crippen LogP contribution is 2.42. The molecule has 0 radical (unpaired) electrons. The maximum atomic E-state index is 12.9. The van der Waals surface area contributed by atoms with Crippen molar-refractivity contribution in [3.63, 3.8) is 0 Å². The molecule has 2 heterocycles. The van der Waals surface area contributed by atoms with E-state index in [-0.39, 0.29) is 16.2 Å². The molecule has 2 aliphatic rings. The summed E-state index contributed by atoms with van der Waals surface area (Å²) in [5.74, 6) is 1.08. The first-order valence-corrected chi connectivity index (χ1v) is 10.5. The quantitative estimate of drug-likeness (QED) is 0.821. The largest absolute Gasteiger partial charge is 0.324 e. The zero-order valence-corrected chi connectivity index (χ0v) is 14.7. The van der Waals surface area contributed by atoms with Crippen LogP contribution in [0, 0.1) is 5.92 Å². The molecule has 2 fully saturated rings. The predicted octanol–water partition coefficient (Wildman–Crippen LogP) is 2.71. The third kappa shape index (κ3) is 2.75. The fourth-order valence-electron chi connectivity index (χ4n) is 2.97. The molecule has 1 aromatic heterocycles. The van der Waals surface area contributed by atoms with E-state index in [0.29, 0.717) is 17.4 Å². The van der Waals surface area contributed by atoms with Gasteiger partial charge in [-0.2, -0.15) is 0 Å². The number of carbonyl (C=O) groups is 1. The van der Waals surface area contributed by atoms with E-state index in [1.165, 1.54) is 15.7 Å². The van der Waals surface area contributed by atoms with Gasteiger partial charge in [0.15, 0.2) is 0 Å². The Morgan fingerprint density at radius 3 is 2.54 bits per heavy atom. The van der Waals surface area contributed by atoms with Gasteiger partial charge in [0.1, 0.15) is 5.37 Å². The Bertz CT molecular complexity index is 857. The molecule has 1 atom stereocenters. The third-order valence-corrected chi connectivity index (χ3v) is 7.36. The lowest BCUT2D eigenvalue weighted by Gasteiger charge is -2.25. The van der Waals surface area contributed by atoms with Crippen LogP contribution in [0.15, 0.2) is 53.6 Å². The zero-order valence-electron chi connectivity index (χ0n) is 13.0. The van der Waals surface area contributed by atoms with Crippen LogP contribution in [0.4, 0.5) is 0 Å². The average Bonchev–Trinajstić information content (AvgIpc) is 3.13. The van der Waals surface area contributed by atoms with Crippen molar-refractivity contribution in [3.8, 4) is 0 Å². The Balaban J connectivity index is 1.71. The first-order valence-electron chi connectivity index (χ1n) is 7.96. The molecule has 4 rings (SSSR count). The number of hydrogen-bond acceptors (Lipinski definition) is 4. The summed E-state index contributed by atoms with van der Waals surface area (Å²) in [6.45, 7) is 0.729. The van der Waals surface area contributed by atoms with Gasteiger partial charge in [0.25, 0.3) is 10.0 Å². The Morgan fingerprint density at radius 1 is 1.08 bits per heavy atom. The van der Waals surface area contributed by atoms with Gasteiger partial charge in [0.2, 0.25) is 5.91 Å². The number of carbonyl (C=O) groups excluding carboxylic acids is 1. The van der Waals surface area contributed by atoms with E-state index in [1.807, 2.05) is 4.90 Å². The first-order chi connectivity index (χ1) is 11.6. The summed E-state index contributed by atoms with van der Waals surface area (Å²) in [5.41, 5.74) is 0.648. The molecule has 1 amide bonds. The Hall–Kier alpha value is -1.73. The molecule has 1 saturated carbocycles. The van der Waals surface area contributed by atoms with Crippen LogP contribution in [-0.2, 0) is 14.8 Å². The van der Waals surface area contributed by atoms with E-state index in [1.54, 1.807) is 48.7 Å². The monoisotopic (exact) mass is 362 g/mol. The van der Waals surface area contributed by atoms with Gasteiger partial charge in [-0.25, -0.2) is 12.4 Å². The lowest BCUT2D eigenvalue weighted by Crippen LogP contribution is -2.31. The molecule has 1 aromatic carbocycles. The second kappa shape index (κ2) is 5.97. The van der Waals surface area contributed by atoms with E-state index in [0.717, 1.165) is 19.4 Å². The van der Waals surface area contributed by atoms with Gasteiger partial charge in [0, 0.05) is 12.7 Å². The summed E-state index contributed by atoms with van der Waals surface area (Å²) in [6.07, 6.45) is 3.88. The van der Waals surface area contributed by atoms with Crippen molar-refractivity contribution in [3.05, 3.63) is 54.4 Å². The molecular weight excluding hydrogens is 344 g/mol. The third-order valence-electron chi connectivity index (χ3n) is 4.42. The molecule has 5 nitrogen and oxygen atoms in total. The normalized spacial score (nSPS) is 21.4. The molecular formula is C17H18N2O3S2. The maximum Gasteiger partial charge on any atom is 0.267 e. The Morgan fingerprint density at radius 2 is 1.83 bits per heavy atom. The summed E-state index contributed by atoms with van der Waals surface area (Å²) >= 11 is 1.50.